The van der Waals surface area contributed by atoms with Gasteiger partial charge in [0.25, 0.3) is 5.69 Å². The molecule has 1 aliphatic rings. The first-order valence-corrected chi connectivity index (χ1v) is 9.70. The molecule has 2 heterocycles. The van der Waals surface area contributed by atoms with E-state index in [4.69, 9.17) is 21.1 Å². The van der Waals surface area contributed by atoms with Gasteiger partial charge in [0.2, 0.25) is 6.29 Å². The Labute approximate surface area is 180 Å². The van der Waals surface area contributed by atoms with Gasteiger partial charge < -0.3 is 34.5 Å². The van der Waals surface area contributed by atoms with Gasteiger partial charge in [-0.05, 0) is 30.3 Å². The molecule has 4 rings (SSSR count). The number of benzene rings is 2. The SMILES string of the molecule is O=[N+]([O-])c1ccc2c(ccn2-c2ccc(O[C@H]3OC(CO)[C@@H](O)C(O)[C@H]3O)c(Cl)c2)c1. The summed E-state index contributed by atoms with van der Waals surface area (Å²) >= 11 is 6.34. The van der Waals surface area contributed by atoms with Crippen LogP contribution in [-0.2, 0) is 4.74 Å². The standard InChI is InChI=1S/C20H19ClN2O8/c21-13-8-11(22-6-5-10-7-12(23(28)29)1-3-14(10)22)2-4-15(13)30-20-19(27)18(26)17(25)16(9-24)31-20/h1-8,16-20,24-27H,9H2/t16?,17-,18?,19-,20+/m1/s1. The Morgan fingerprint density at radius 1 is 1.10 bits per heavy atom. The smallest absolute Gasteiger partial charge is 0.270 e. The van der Waals surface area contributed by atoms with Crippen molar-refractivity contribution in [3.8, 4) is 11.4 Å². The van der Waals surface area contributed by atoms with Crippen molar-refractivity contribution in [1.82, 2.24) is 4.57 Å². The number of hydrogen-bond donors (Lipinski definition) is 4. The van der Waals surface area contributed by atoms with Crippen LogP contribution in [0.15, 0.2) is 48.7 Å². The number of aliphatic hydroxyl groups excluding tert-OH is 4. The first-order valence-electron chi connectivity index (χ1n) is 9.32. The average molecular weight is 451 g/mol. The molecule has 0 spiro atoms. The van der Waals surface area contributed by atoms with Crippen LogP contribution in [0.25, 0.3) is 16.6 Å². The number of nitrogens with zero attached hydrogens (tertiary/aromatic N) is 2. The van der Waals surface area contributed by atoms with E-state index in [9.17, 15) is 30.5 Å². The van der Waals surface area contributed by atoms with E-state index in [0.29, 0.717) is 11.1 Å². The Hall–Kier alpha value is -2.73. The number of halogens is 1. The topological polar surface area (TPSA) is 147 Å². The van der Waals surface area contributed by atoms with E-state index >= 15 is 0 Å². The molecule has 0 bridgehead atoms. The van der Waals surface area contributed by atoms with Crippen molar-refractivity contribution in [3.05, 3.63) is 63.8 Å². The van der Waals surface area contributed by atoms with Crippen LogP contribution in [0.1, 0.15) is 0 Å². The minimum absolute atomic E-state index is 0.00782. The zero-order valence-electron chi connectivity index (χ0n) is 15.9. The molecular weight excluding hydrogens is 432 g/mol. The summed E-state index contributed by atoms with van der Waals surface area (Å²) in [5.74, 6) is 0.154. The van der Waals surface area contributed by atoms with E-state index in [1.165, 1.54) is 18.2 Å². The molecule has 10 nitrogen and oxygen atoms in total. The molecule has 5 atom stereocenters. The fourth-order valence-corrected chi connectivity index (χ4v) is 3.71. The number of hydrogen-bond acceptors (Lipinski definition) is 8. The third-order valence-corrected chi connectivity index (χ3v) is 5.47. The average Bonchev–Trinajstić information content (AvgIpc) is 3.18. The van der Waals surface area contributed by atoms with Gasteiger partial charge in [0.05, 0.1) is 22.1 Å². The molecule has 31 heavy (non-hydrogen) atoms. The van der Waals surface area contributed by atoms with Crippen LogP contribution in [0.4, 0.5) is 5.69 Å². The molecule has 164 valence electrons. The summed E-state index contributed by atoms with van der Waals surface area (Å²) in [7, 11) is 0. The number of rotatable bonds is 5. The third kappa shape index (κ3) is 3.97. The van der Waals surface area contributed by atoms with Crippen molar-refractivity contribution >= 4 is 28.2 Å². The van der Waals surface area contributed by atoms with E-state index in [1.807, 2.05) is 0 Å². The van der Waals surface area contributed by atoms with E-state index in [1.54, 1.807) is 35.0 Å². The maximum absolute atomic E-state index is 11.0. The quantitative estimate of drug-likeness (QED) is 0.336. The second-order valence-corrected chi connectivity index (χ2v) is 7.52. The molecule has 0 amide bonds. The number of aromatic nitrogens is 1. The van der Waals surface area contributed by atoms with Crippen LogP contribution in [-0.4, -0.2) is 67.2 Å². The van der Waals surface area contributed by atoms with Gasteiger partial charge in [0.1, 0.15) is 30.2 Å². The first kappa shape index (κ1) is 21.5. The number of fused-ring (bicyclic) bond motifs is 1. The van der Waals surface area contributed by atoms with Gasteiger partial charge in [-0.25, -0.2) is 0 Å². The Balaban J connectivity index is 1.59. The number of non-ortho nitro benzene ring substituents is 1. The molecule has 2 unspecified atom stereocenters. The summed E-state index contributed by atoms with van der Waals surface area (Å²) in [5.41, 5.74) is 1.39. The summed E-state index contributed by atoms with van der Waals surface area (Å²) < 4.78 is 12.7. The van der Waals surface area contributed by atoms with Crippen LogP contribution in [0.2, 0.25) is 5.02 Å². The highest BCUT2D eigenvalue weighted by Crippen LogP contribution is 2.32. The largest absolute Gasteiger partial charge is 0.460 e. The number of aliphatic hydroxyl groups is 4. The number of nitro benzene ring substituents is 1. The number of ether oxygens (including phenoxy) is 2. The van der Waals surface area contributed by atoms with Gasteiger partial charge in [-0.3, -0.25) is 10.1 Å². The molecule has 3 aromatic rings. The molecule has 4 N–H and O–H groups in total. The molecule has 1 aromatic heterocycles. The normalized spacial score (nSPS) is 26.2. The lowest BCUT2D eigenvalue weighted by molar-refractivity contribution is -0.384. The fraction of sp³-hybridized carbons (Fsp3) is 0.300. The predicted molar refractivity (Wildman–Crippen MR) is 109 cm³/mol. The van der Waals surface area contributed by atoms with Crippen molar-refractivity contribution in [2.45, 2.75) is 30.7 Å². The summed E-state index contributed by atoms with van der Waals surface area (Å²) in [5, 5.41) is 51.0. The molecule has 1 fully saturated rings. The maximum Gasteiger partial charge on any atom is 0.270 e. The van der Waals surface area contributed by atoms with Crippen LogP contribution in [0, 0.1) is 10.1 Å². The van der Waals surface area contributed by atoms with Crippen molar-refractivity contribution in [1.29, 1.82) is 0 Å². The van der Waals surface area contributed by atoms with Gasteiger partial charge >= 0.3 is 0 Å². The van der Waals surface area contributed by atoms with Crippen LogP contribution < -0.4 is 4.74 Å². The molecule has 1 saturated heterocycles. The van der Waals surface area contributed by atoms with Gasteiger partial charge in [-0.1, -0.05) is 11.6 Å². The van der Waals surface area contributed by atoms with Crippen molar-refractivity contribution < 1.29 is 34.8 Å². The second kappa shape index (κ2) is 8.42. The minimum atomic E-state index is -1.57. The van der Waals surface area contributed by atoms with E-state index in [-0.39, 0.29) is 16.5 Å². The summed E-state index contributed by atoms with van der Waals surface area (Å²) in [6.07, 6.45) is -5.32. The Bertz CT molecular complexity index is 1120. The molecule has 0 radical (unpaired) electrons. The highest BCUT2D eigenvalue weighted by molar-refractivity contribution is 6.32. The lowest BCUT2D eigenvalue weighted by Crippen LogP contribution is -2.60. The van der Waals surface area contributed by atoms with Crippen molar-refractivity contribution in [2.24, 2.45) is 0 Å². The zero-order chi connectivity index (χ0) is 22.3. The summed E-state index contributed by atoms with van der Waals surface area (Å²) in [6, 6.07) is 11.1. The minimum Gasteiger partial charge on any atom is -0.460 e. The van der Waals surface area contributed by atoms with Gasteiger partial charge in [0.15, 0.2) is 0 Å². The van der Waals surface area contributed by atoms with Crippen LogP contribution in [0.3, 0.4) is 0 Å². The van der Waals surface area contributed by atoms with Crippen LogP contribution in [0.5, 0.6) is 5.75 Å². The molecule has 0 saturated carbocycles. The Kier molecular flexibility index (Phi) is 5.84. The highest BCUT2D eigenvalue weighted by atomic mass is 35.5. The summed E-state index contributed by atoms with van der Waals surface area (Å²) in [6.45, 7) is -0.573. The second-order valence-electron chi connectivity index (χ2n) is 7.12. The van der Waals surface area contributed by atoms with Gasteiger partial charge in [-0.2, -0.15) is 0 Å². The summed E-state index contributed by atoms with van der Waals surface area (Å²) in [4.78, 5) is 10.5. The first-order chi connectivity index (χ1) is 14.8. The zero-order valence-corrected chi connectivity index (χ0v) is 16.7. The predicted octanol–water partition coefficient (Wildman–Crippen LogP) is 1.37. The third-order valence-electron chi connectivity index (χ3n) is 5.17. The van der Waals surface area contributed by atoms with Crippen molar-refractivity contribution in [3.63, 3.8) is 0 Å². The van der Waals surface area contributed by atoms with E-state index < -0.39 is 42.2 Å². The van der Waals surface area contributed by atoms with Crippen LogP contribution >= 0.6 is 11.6 Å². The van der Waals surface area contributed by atoms with Gasteiger partial charge in [-0.15, -0.1) is 0 Å². The van der Waals surface area contributed by atoms with E-state index in [0.717, 1.165) is 5.52 Å². The number of nitro groups is 1. The van der Waals surface area contributed by atoms with Gasteiger partial charge in [0, 0.05) is 29.4 Å². The Morgan fingerprint density at radius 3 is 2.55 bits per heavy atom. The molecule has 0 aliphatic carbocycles. The lowest BCUT2D eigenvalue weighted by atomic mass is 9.99. The maximum atomic E-state index is 11.0. The molecular formula is C20H19ClN2O8. The fourth-order valence-electron chi connectivity index (χ4n) is 3.49. The molecule has 1 aliphatic heterocycles. The highest BCUT2D eigenvalue weighted by Gasteiger charge is 2.44. The van der Waals surface area contributed by atoms with Crippen molar-refractivity contribution in [2.75, 3.05) is 6.61 Å². The molecule has 11 heteroatoms. The lowest BCUT2D eigenvalue weighted by Gasteiger charge is -2.39. The van der Waals surface area contributed by atoms with E-state index in [2.05, 4.69) is 0 Å². The Morgan fingerprint density at radius 2 is 1.87 bits per heavy atom. The molecule has 2 aromatic carbocycles. The monoisotopic (exact) mass is 450 g/mol.